The van der Waals surface area contributed by atoms with E-state index in [0.717, 1.165) is 0 Å². The third-order valence-electron chi connectivity index (χ3n) is 3.11. The topological polar surface area (TPSA) is 17.1 Å². The monoisotopic (exact) mass is 224 g/mol. The van der Waals surface area contributed by atoms with E-state index in [-0.39, 0.29) is 36.3 Å². The number of alkyl halides is 3. The molecule has 1 atom stereocenters. The van der Waals surface area contributed by atoms with E-state index in [1.165, 1.54) is 0 Å². The fourth-order valence-electron chi connectivity index (χ4n) is 1.95. The summed E-state index contributed by atoms with van der Waals surface area (Å²) in [7, 11) is 0. The second-order valence-electron chi connectivity index (χ2n) is 4.08. The van der Waals surface area contributed by atoms with Crippen molar-refractivity contribution in [3.8, 4) is 0 Å². The molecule has 0 spiro atoms. The van der Waals surface area contributed by atoms with Gasteiger partial charge in [0.15, 0.2) is 5.78 Å². The van der Waals surface area contributed by atoms with E-state index < -0.39 is 5.92 Å². The molecule has 0 saturated heterocycles. The van der Waals surface area contributed by atoms with Gasteiger partial charge in [0.05, 0.1) is 5.88 Å². The average Bonchev–Trinajstić information content (AvgIpc) is 2.15. The van der Waals surface area contributed by atoms with Gasteiger partial charge in [0.1, 0.15) is 0 Å². The molecule has 0 heterocycles. The lowest BCUT2D eigenvalue weighted by molar-refractivity contribution is -0.123. The second-order valence-corrected chi connectivity index (χ2v) is 4.35. The maximum Gasteiger partial charge on any atom is 0.248 e. The molecule has 1 nitrogen and oxygen atoms in total. The van der Waals surface area contributed by atoms with Crippen LogP contribution in [-0.4, -0.2) is 17.6 Å². The third kappa shape index (κ3) is 2.91. The van der Waals surface area contributed by atoms with Gasteiger partial charge in [-0.1, -0.05) is 6.92 Å². The quantitative estimate of drug-likeness (QED) is 0.673. The van der Waals surface area contributed by atoms with E-state index in [2.05, 4.69) is 0 Å². The molecule has 0 radical (unpaired) electrons. The van der Waals surface area contributed by atoms with Gasteiger partial charge in [0, 0.05) is 18.8 Å². The van der Waals surface area contributed by atoms with Crippen LogP contribution in [0.25, 0.3) is 0 Å². The van der Waals surface area contributed by atoms with Gasteiger partial charge in [-0.15, -0.1) is 11.6 Å². The Kier molecular flexibility index (Phi) is 3.87. The zero-order valence-corrected chi connectivity index (χ0v) is 8.99. The lowest BCUT2D eigenvalue weighted by atomic mass is 9.78. The van der Waals surface area contributed by atoms with Crippen LogP contribution in [0.1, 0.15) is 32.6 Å². The Hall–Kier alpha value is -0.180. The molecule has 0 unspecified atom stereocenters. The van der Waals surface area contributed by atoms with Crippen molar-refractivity contribution < 1.29 is 13.6 Å². The average molecular weight is 225 g/mol. The summed E-state index contributed by atoms with van der Waals surface area (Å²) in [5.41, 5.74) is 0. The normalized spacial score (nSPS) is 24.6. The molecule has 82 valence electrons. The number of hydrogen-bond acceptors (Lipinski definition) is 1. The molecule has 0 amide bonds. The maximum atomic E-state index is 12.8. The van der Waals surface area contributed by atoms with Crippen LogP contribution in [0.15, 0.2) is 0 Å². The minimum Gasteiger partial charge on any atom is -0.298 e. The zero-order valence-electron chi connectivity index (χ0n) is 8.23. The number of rotatable bonds is 3. The summed E-state index contributed by atoms with van der Waals surface area (Å²) in [6.45, 7) is 1.79. The first-order chi connectivity index (χ1) is 6.46. The Morgan fingerprint density at radius 2 is 2.00 bits per heavy atom. The van der Waals surface area contributed by atoms with Crippen molar-refractivity contribution in [1.82, 2.24) is 0 Å². The molecule has 0 bridgehead atoms. The smallest absolute Gasteiger partial charge is 0.248 e. The zero-order chi connectivity index (χ0) is 10.8. The van der Waals surface area contributed by atoms with E-state index in [1.54, 1.807) is 6.92 Å². The van der Waals surface area contributed by atoms with Crippen LogP contribution in [0.5, 0.6) is 0 Å². The first-order valence-corrected chi connectivity index (χ1v) is 5.46. The molecule has 1 aliphatic carbocycles. The number of carbonyl (C=O) groups is 1. The van der Waals surface area contributed by atoms with Gasteiger partial charge in [-0.05, 0) is 18.8 Å². The Labute approximate surface area is 87.8 Å². The number of carbonyl (C=O) groups excluding carboxylic acids is 1. The van der Waals surface area contributed by atoms with Gasteiger partial charge in [0.25, 0.3) is 0 Å². The van der Waals surface area contributed by atoms with Crippen molar-refractivity contribution in [3.05, 3.63) is 0 Å². The molecule has 1 aliphatic rings. The molecule has 0 N–H and O–H groups in total. The minimum atomic E-state index is -2.51. The highest BCUT2D eigenvalue weighted by Gasteiger charge is 2.37. The first-order valence-electron chi connectivity index (χ1n) is 4.93. The molecule has 1 rings (SSSR count). The van der Waals surface area contributed by atoms with Crippen molar-refractivity contribution in [1.29, 1.82) is 0 Å². The molecular formula is C10H15ClF2O. The van der Waals surface area contributed by atoms with Crippen LogP contribution >= 0.6 is 11.6 Å². The summed E-state index contributed by atoms with van der Waals surface area (Å²) in [5.74, 6) is -2.61. The van der Waals surface area contributed by atoms with Gasteiger partial charge in [0.2, 0.25) is 5.92 Å². The van der Waals surface area contributed by atoms with E-state index in [4.69, 9.17) is 11.6 Å². The Morgan fingerprint density at radius 1 is 1.50 bits per heavy atom. The first kappa shape index (κ1) is 11.9. The lowest BCUT2D eigenvalue weighted by Gasteiger charge is -2.31. The summed E-state index contributed by atoms with van der Waals surface area (Å²) < 4.78 is 25.6. The number of hydrogen-bond donors (Lipinski definition) is 0. The number of ketones is 1. The lowest BCUT2D eigenvalue weighted by Crippen LogP contribution is -2.31. The molecule has 14 heavy (non-hydrogen) atoms. The second kappa shape index (κ2) is 4.56. The summed E-state index contributed by atoms with van der Waals surface area (Å²) in [5, 5.41) is 0. The Bertz CT molecular complexity index is 208. The fraction of sp³-hybridized carbons (Fsp3) is 0.900. The van der Waals surface area contributed by atoms with E-state index in [0.29, 0.717) is 12.8 Å². The van der Waals surface area contributed by atoms with Crippen LogP contribution < -0.4 is 0 Å². The predicted octanol–water partition coefficient (Wildman–Crippen LogP) is 3.26. The largest absolute Gasteiger partial charge is 0.298 e. The maximum absolute atomic E-state index is 12.8. The number of halogens is 3. The van der Waals surface area contributed by atoms with Crippen molar-refractivity contribution in [3.63, 3.8) is 0 Å². The molecule has 1 saturated carbocycles. The third-order valence-corrected chi connectivity index (χ3v) is 3.37. The highest BCUT2D eigenvalue weighted by Crippen LogP contribution is 2.39. The van der Waals surface area contributed by atoms with Crippen molar-refractivity contribution in [2.24, 2.45) is 11.8 Å². The summed E-state index contributed by atoms with van der Waals surface area (Å²) in [4.78, 5) is 11.3. The summed E-state index contributed by atoms with van der Waals surface area (Å²) >= 11 is 5.42. The van der Waals surface area contributed by atoms with Gasteiger partial charge in [-0.2, -0.15) is 0 Å². The van der Waals surface area contributed by atoms with Crippen molar-refractivity contribution in [2.75, 3.05) is 5.88 Å². The molecule has 0 aromatic rings. The van der Waals surface area contributed by atoms with Crippen LogP contribution in [-0.2, 0) is 4.79 Å². The van der Waals surface area contributed by atoms with E-state index in [1.807, 2.05) is 0 Å². The van der Waals surface area contributed by atoms with Gasteiger partial charge < -0.3 is 0 Å². The van der Waals surface area contributed by atoms with Crippen LogP contribution in [0.4, 0.5) is 8.78 Å². The molecule has 0 aliphatic heterocycles. The van der Waals surface area contributed by atoms with Crippen LogP contribution in [0, 0.1) is 11.8 Å². The van der Waals surface area contributed by atoms with Crippen LogP contribution in [0.3, 0.4) is 0 Å². The standard InChI is InChI=1S/C10H15ClF2O/c1-7(9(14)6-11)8-2-4-10(12,13)5-3-8/h7-8H,2-6H2,1H3/t7-/m0/s1. The number of Topliss-reactive ketones (excluding diaryl/α,β-unsaturated/α-hetero) is 1. The Balaban J connectivity index is 2.45. The summed E-state index contributed by atoms with van der Waals surface area (Å²) in [6.07, 6.45) is 0.711. The molecule has 1 fully saturated rings. The van der Waals surface area contributed by atoms with Gasteiger partial charge in [-0.25, -0.2) is 8.78 Å². The Morgan fingerprint density at radius 3 is 2.43 bits per heavy atom. The minimum absolute atomic E-state index is 0.00589. The van der Waals surface area contributed by atoms with E-state index in [9.17, 15) is 13.6 Å². The highest BCUT2D eigenvalue weighted by molar-refractivity contribution is 6.27. The predicted molar refractivity (Wildman–Crippen MR) is 51.8 cm³/mol. The van der Waals surface area contributed by atoms with Crippen molar-refractivity contribution in [2.45, 2.75) is 38.5 Å². The molecular weight excluding hydrogens is 210 g/mol. The molecule has 0 aromatic heterocycles. The molecule has 0 aromatic carbocycles. The summed E-state index contributed by atoms with van der Waals surface area (Å²) in [6, 6.07) is 0. The van der Waals surface area contributed by atoms with Crippen LogP contribution in [0.2, 0.25) is 0 Å². The van der Waals surface area contributed by atoms with Gasteiger partial charge >= 0.3 is 0 Å². The SMILES string of the molecule is C[C@H](C(=O)CCl)C1CCC(F)(F)CC1. The van der Waals surface area contributed by atoms with Gasteiger partial charge in [-0.3, -0.25) is 4.79 Å². The highest BCUT2D eigenvalue weighted by atomic mass is 35.5. The fourth-order valence-corrected chi connectivity index (χ4v) is 2.19. The van der Waals surface area contributed by atoms with E-state index >= 15 is 0 Å². The van der Waals surface area contributed by atoms with Crippen molar-refractivity contribution >= 4 is 17.4 Å². The molecule has 4 heteroatoms.